The van der Waals surface area contributed by atoms with Crippen LogP contribution in [0.4, 0.5) is 0 Å². The number of rotatable bonds is 4. The van der Waals surface area contributed by atoms with Gasteiger partial charge in [-0.05, 0) is 49.1 Å². The Kier molecular flexibility index (Phi) is 4.58. The highest BCUT2D eigenvalue weighted by Crippen LogP contribution is 2.29. The molecular weight excluding hydrogens is 386 g/mol. The summed E-state index contributed by atoms with van der Waals surface area (Å²) in [5.41, 5.74) is 5.55. The summed E-state index contributed by atoms with van der Waals surface area (Å²) in [7, 11) is 0. The second kappa shape index (κ2) is 7.30. The minimum Gasteiger partial charge on any atom is -0.296 e. The van der Waals surface area contributed by atoms with Crippen LogP contribution in [0.25, 0.3) is 38.9 Å². The average Bonchev–Trinajstić information content (AvgIpc) is 3.07. The van der Waals surface area contributed by atoms with Gasteiger partial charge in [0.25, 0.3) is 5.56 Å². The molecule has 3 aromatic heterocycles. The van der Waals surface area contributed by atoms with Crippen molar-refractivity contribution in [1.29, 1.82) is 0 Å². The van der Waals surface area contributed by atoms with Gasteiger partial charge in [-0.15, -0.1) is 0 Å². The Bertz CT molecular complexity index is 1490. The van der Waals surface area contributed by atoms with Crippen LogP contribution in [0.1, 0.15) is 32.2 Å². The third-order valence-electron chi connectivity index (χ3n) is 5.70. The Morgan fingerprint density at radius 2 is 1.58 bits per heavy atom. The van der Waals surface area contributed by atoms with Crippen molar-refractivity contribution in [2.75, 3.05) is 0 Å². The maximum absolute atomic E-state index is 13.6. The molecule has 0 unspecified atom stereocenters. The zero-order valence-electron chi connectivity index (χ0n) is 18.3. The van der Waals surface area contributed by atoms with Gasteiger partial charge in [0.05, 0.1) is 11.0 Å². The predicted molar refractivity (Wildman–Crippen MR) is 125 cm³/mol. The zero-order chi connectivity index (χ0) is 21.7. The van der Waals surface area contributed by atoms with E-state index in [0.717, 1.165) is 23.1 Å². The van der Waals surface area contributed by atoms with Crippen molar-refractivity contribution in [1.82, 2.24) is 24.1 Å². The Morgan fingerprint density at radius 3 is 2.23 bits per heavy atom. The normalized spacial score (nSPS) is 11.9. The van der Waals surface area contributed by atoms with E-state index in [9.17, 15) is 4.79 Å². The van der Waals surface area contributed by atoms with Gasteiger partial charge >= 0.3 is 0 Å². The van der Waals surface area contributed by atoms with Crippen LogP contribution in [0, 0.1) is 12.8 Å². The van der Waals surface area contributed by atoms with Crippen molar-refractivity contribution in [2.45, 2.75) is 40.7 Å². The molecule has 5 rings (SSSR count). The molecule has 0 fully saturated rings. The van der Waals surface area contributed by atoms with Gasteiger partial charge in [0.15, 0.2) is 11.3 Å². The number of fused-ring (bicyclic) bond motifs is 4. The quantitative estimate of drug-likeness (QED) is 0.426. The van der Waals surface area contributed by atoms with E-state index < -0.39 is 0 Å². The van der Waals surface area contributed by atoms with Crippen molar-refractivity contribution in [3.05, 3.63) is 70.3 Å². The van der Waals surface area contributed by atoms with E-state index in [2.05, 4.69) is 45.0 Å². The summed E-state index contributed by atoms with van der Waals surface area (Å²) in [4.78, 5) is 28.3. The Hall–Kier alpha value is -3.54. The van der Waals surface area contributed by atoms with E-state index in [1.54, 1.807) is 4.57 Å². The summed E-state index contributed by atoms with van der Waals surface area (Å²) < 4.78 is 3.73. The fourth-order valence-electron chi connectivity index (χ4n) is 4.14. The maximum Gasteiger partial charge on any atom is 0.265 e. The minimum absolute atomic E-state index is 0.0605. The van der Waals surface area contributed by atoms with E-state index in [4.69, 9.17) is 15.0 Å². The minimum atomic E-state index is -0.0605. The molecule has 3 heterocycles. The molecule has 5 aromatic rings. The van der Waals surface area contributed by atoms with Crippen molar-refractivity contribution in [2.24, 2.45) is 5.92 Å². The highest BCUT2D eigenvalue weighted by atomic mass is 16.1. The van der Waals surface area contributed by atoms with Gasteiger partial charge in [0.2, 0.25) is 0 Å². The first-order valence-corrected chi connectivity index (χ1v) is 10.8. The highest BCUT2D eigenvalue weighted by molar-refractivity contribution is 6.05. The van der Waals surface area contributed by atoms with Crippen LogP contribution in [0.2, 0.25) is 0 Å². The smallest absolute Gasteiger partial charge is 0.265 e. The summed E-state index contributed by atoms with van der Waals surface area (Å²) >= 11 is 0. The van der Waals surface area contributed by atoms with Gasteiger partial charge in [-0.3, -0.25) is 13.9 Å². The number of nitrogens with zero attached hydrogens (tertiary/aromatic N) is 5. The number of hydrogen-bond acceptors (Lipinski definition) is 4. The van der Waals surface area contributed by atoms with Crippen molar-refractivity contribution in [3.63, 3.8) is 0 Å². The molecule has 0 aliphatic carbocycles. The topological polar surface area (TPSA) is 65.6 Å². The maximum atomic E-state index is 13.6. The third-order valence-corrected chi connectivity index (χ3v) is 5.70. The monoisotopic (exact) mass is 411 g/mol. The van der Waals surface area contributed by atoms with E-state index in [-0.39, 0.29) is 5.56 Å². The van der Waals surface area contributed by atoms with Crippen LogP contribution in [-0.4, -0.2) is 24.1 Å². The Labute approximate surface area is 180 Å². The van der Waals surface area contributed by atoms with Gasteiger partial charge in [-0.1, -0.05) is 45.0 Å². The molecule has 2 aromatic carbocycles. The van der Waals surface area contributed by atoms with Crippen LogP contribution >= 0.6 is 0 Å². The molecule has 6 heteroatoms. The molecule has 156 valence electrons. The lowest BCUT2D eigenvalue weighted by Gasteiger charge is -2.12. The van der Waals surface area contributed by atoms with E-state index in [1.165, 1.54) is 5.56 Å². The lowest BCUT2D eigenvalue weighted by molar-refractivity contribution is 0.498. The average molecular weight is 412 g/mol. The molecule has 0 aliphatic heterocycles. The Morgan fingerprint density at radius 1 is 0.903 bits per heavy atom. The fourth-order valence-corrected chi connectivity index (χ4v) is 4.14. The van der Waals surface area contributed by atoms with Crippen LogP contribution in [-0.2, 0) is 13.0 Å². The van der Waals surface area contributed by atoms with E-state index in [1.807, 2.05) is 35.8 Å². The van der Waals surface area contributed by atoms with Crippen LogP contribution in [0.3, 0.4) is 0 Å². The zero-order valence-corrected chi connectivity index (χ0v) is 18.3. The highest BCUT2D eigenvalue weighted by Gasteiger charge is 2.22. The molecule has 0 aliphatic rings. The molecule has 0 radical (unpaired) electrons. The lowest BCUT2D eigenvalue weighted by atomic mass is 10.1. The van der Waals surface area contributed by atoms with Crippen molar-refractivity contribution < 1.29 is 0 Å². The number of para-hydroxylation sites is 2. The summed E-state index contributed by atoms with van der Waals surface area (Å²) in [6.07, 6.45) is 0.967. The van der Waals surface area contributed by atoms with Crippen molar-refractivity contribution in [3.8, 4) is 5.69 Å². The molecule has 0 spiro atoms. The van der Waals surface area contributed by atoms with Crippen LogP contribution < -0.4 is 5.56 Å². The predicted octanol–water partition coefficient (Wildman–Crippen LogP) is 4.81. The Balaban J connectivity index is 1.95. The number of benzene rings is 2. The van der Waals surface area contributed by atoms with E-state index >= 15 is 0 Å². The van der Waals surface area contributed by atoms with E-state index in [0.29, 0.717) is 40.5 Å². The SMILES string of the molecule is CCc1ccc(-n2c3nc4ccccc4nc3c3c(=O)n(CC(C)C)c(C)nc32)cc1. The fraction of sp³-hybridized carbons (Fsp3) is 0.280. The van der Waals surface area contributed by atoms with Crippen LogP contribution in [0.15, 0.2) is 53.3 Å². The molecule has 0 atom stereocenters. The molecule has 6 nitrogen and oxygen atoms in total. The van der Waals surface area contributed by atoms with Crippen molar-refractivity contribution >= 4 is 33.2 Å². The lowest BCUT2D eigenvalue weighted by Crippen LogP contribution is -2.26. The summed E-state index contributed by atoms with van der Waals surface area (Å²) in [5.74, 6) is 1.03. The van der Waals surface area contributed by atoms with Crippen LogP contribution in [0.5, 0.6) is 0 Å². The molecular formula is C25H25N5O. The first-order valence-electron chi connectivity index (χ1n) is 10.8. The number of aryl methyl sites for hydroxylation is 2. The number of hydrogen-bond donors (Lipinski definition) is 0. The molecule has 0 saturated carbocycles. The first-order chi connectivity index (χ1) is 15.0. The van der Waals surface area contributed by atoms with Gasteiger partial charge in [0.1, 0.15) is 16.7 Å². The second-order valence-corrected chi connectivity index (χ2v) is 8.41. The largest absolute Gasteiger partial charge is 0.296 e. The summed E-state index contributed by atoms with van der Waals surface area (Å²) in [6, 6.07) is 16.1. The molecule has 0 saturated heterocycles. The summed E-state index contributed by atoms with van der Waals surface area (Å²) in [5, 5.41) is 0.527. The van der Waals surface area contributed by atoms with Gasteiger partial charge < -0.3 is 0 Å². The van der Waals surface area contributed by atoms with Gasteiger partial charge in [-0.2, -0.15) is 0 Å². The number of aromatic nitrogens is 5. The first kappa shape index (κ1) is 19.4. The molecule has 0 bridgehead atoms. The second-order valence-electron chi connectivity index (χ2n) is 8.41. The molecule has 0 N–H and O–H groups in total. The molecule has 31 heavy (non-hydrogen) atoms. The molecule has 0 amide bonds. The van der Waals surface area contributed by atoms with Gasteiger partial charge in [0, 0.05) is 12.2 Å². The van der Waals surface area contributed by atoms with Gasteiger partial charge in [-0.25, -0.2) is 15.0 Å². The summed E-state index contributed by atoms with van der Waals surface area (Å²) in [6.45, 7) is 8.84. The third kappa shape index (κ3) is 3.10. The standard InChI is InChI=1S/C25H25N5O/c1-5-17-10-12-18(13-11-17)30-23-21(25(31)29(14-15(2)3)16(4)26-23)22-24(30)28-20-9-7-6-8-19(20)27-22/h6-13,15H,5,14H2,1-4H3.